The fourth-order valence-electron chi connectivity index (χ4n) is 1.84. The van der Waals surface area contributed by atoms with Crippen LogP contribution in [0.5, 0.6) is 0 Å². The molecule has 0 rings (SSSR count). The van der Waals surface area contributed by atoms with Crippen molar-refractivity contribution in [2.24, 2.45) is 5.41 Å². The molecule has 164 valence electrons. The summed E-state index contributed by atoms with van der Waals surface area (Å²) >= 11 is 0. The van der Waals surface area contributed by atoms with Gasteiger partial charge in [-0.3, -0.25) is 4.21 Å². The van der Waals surface area contributed by atoms with Crippen molar-refractivity contribution >= 4 is 20.6 Å². The van der Waals surface area contributed by atoms with Crippen LogP contribution < -0.4 is 0 Å². The normalized spacial score (nSPS) is 13.7. The second-order valence-corrected chi connectivity index (χ2v) is 18.0. The van der Waals surface area contributed by atoms with Gasteiger partial charge in [-0.05, 0) is 104 Å². The first-order chi connectivity index (χ1) is 11.2. The minimum atomic E-state index is -3.01. The molecular formula is C21H45NO3S2. The van der Waals surface area contributed by atoms with E-state index in [0.717, 1.165) is 0 Å². The summed E-state index contributed by atoms with van der Waals surface area (Å²) in [5.41, 5.74) is -0.153. The fraction of sp³-hybridized carbons (Fsp3) is 0.952. The molecule has 0 unspecified atom stereocenters. The number of nitriles is 1. The molecule has 0 spiro atoms. The van der Waals surface area contributed by atoms with E-state index >= 15 is 0 Å². The summed E-state index contributed by atoms with van der Waals surface area (Å²) in [6, 6.07) is 2.10. The van der Waals surface area contributed by atoms with E-state index in [1.165, 1.54) is 0 Å². The molecule has 0 aromatic carbocycles. The van der Waals surface area contributed by atoms with Gasteiger partial charge in [0.25, 0.3) is 0 Å². The molecule has 0 aliphatic heterocycles. The third-order valence-corrected chi connectivity index (χ3v) is 8.51. The smallest absolute Gasteiger partial charge is 0.160 e. The lowest BCUT2D eigenvalue weighted by atomic mass is 10.0. The van der Waals surface area contributed by atoms with Gasteiger partial charge in [-0.1, -0.05) is 0 Å². The quantitative estimate of drug-likeness (QED) is 0.487. The molecule has 0 aliphatic carbocycles. The Hall–Kier alpha value is -0.410. The lowest BCUT2D eigenvalue weighted by Crippen LogP contribution is -2.41. The molecule has 0 saturated carbocycles. The zero-order chi connectivity index (χ0) is 23.3. The molecule has 0 radical (unpaired) electrons. The Kier molecular flexibility index (Phi) is 11.4. The van der Waals surface area contributed by atoms with Crippen molar-refractivity contribution in [1.82, 2.24) is 0 Å². The van der Waals surface area contributed by atoms with E-state index in [9.17, 15) is 12.6 Å². The standard InChI is InChI=1S/C8H18O2S.C8H18OS.C5H9N/c1-7(2,3)11(9,10)8(4,5)6;1-7(2,3)10(9)8(4,5)6;1-5(2,3)4-6/h1-6H3;1-6H3;1-3H3. The maximum Gasteiger partial charge on any atom is 0.160 e. The molecule has 0 N–H and O–H groups in total. The second kappa shape index (κ2) is 9.87. The van der Waals surface area contributed by atoms with Gasteiger partial charge in [0.2, 0.25) is 0 Å². The van der Waals surface area contributed by atoms with Crippen molar-refractivity contribution < 1.29 is 12.6 Å². The van der Waals surface area contributed by atoms with Crippen LogP contribution in [0.1, 0.15) is 104 Å². The van der Waals surface area contributed by atoms with E-state index < -0.39 is 30.1 Å². The molecule has 0 aromatic rings. The van der Waals surface area contributed by atoms with Gasteiger partial charge in [0, 0.05) is 25.7 Å². The number of hydrogen-bond donors (Lipinski definition) is 0. The monoisotopic (exact) mass is 423 g/mol. The van der Waals surface area contributed by atoms with Crippen LogP contribution in [0.25, 0.3) is 0 Å². The van der Waals surface area contributed by atoms with Gasteiger partial charge in [-0.25, -0.2) is 8.42 Å². The summed E-state index contributed by atoms with van der Waals surface area (Å²) in [4.78, 5) is 0. The topological polar surface area (TPSA) is 75.0 Å². The first-order valence-corrected chi connectivity index (χ1v) is 11.9. The average molecular weight is 424 g/mol. The van der Waals surface area contributed by atoms with Crippen molar-refractivity contribution in [3.63, 3.8) is 0 Å². The van der Waals surface area contributed by atoms with E-state index in [4.69, 9.17) is 5.26 Å². The van der Waals surface area contributed by atoms with Crippen LogP contribution in [0, 0.1) is 16.7 Å². The second-order valence-electron chi connectivity index (χ2n) is 11.6. The van der Waals surface area contributed by atoms with Crippen LogP contribution in [0.3, 0.4) is 0 Å². The molecule has 27 heavy (non-hydrogen) atoms. The molecule has 0 saturated heterocycles. The Bertz CT molecular complexity index is 571. The highest BCUT2D eigenvalue weighted by Crippen LogP contribution is 2.28. The first kappa shape index (κ1) is 31.3. The summed E-state index contributed by atoms with van der Waals surface area (Å²) in [5, 5.41) is 8.15. The summed E-state index contributed by atoms with van der Waals surface area (Å²) in [6.45, 7) is 28.1. The van der Waals surface area contributed by atoms with E-state index in [2.05, 4.69) is 6.07 Å². The molecule has 0 aliphatic rings. The average Bonchev–Trinajstić information content (AvgIpc) is 2.33. The molecule has 0 atom stereocenters. The van der Waals surface area contributed by atoms with Gasteiger partial charge in [-0.2, -0.15) is 5.26 Å². The molecule has 0 amide bonds. The van der Waals surface area contributed by atoms with Crippen LogP contribution in [0.2, 0.25) is 0 Å². The molecule has 6 heteroatoms. The van der Waals surface area contributed by atoms with Gasteiger partial charge < -0.3 is 0 Å². The predicted molar refractivity (Wildman–Crippen MR) is 121 cm³/mol. The van der Waals surface area contributed by atoms with E-state index in [1.54, 1.807) is 41.5 Å². The number of hydrogen-bond acceptors (Lipinski definition) is 4. The molecule has 4 nitrogen and oxygen atoms in total. The highest BCUT2D eigenvalue weighted by atomic mass is 32.2. The predicted octanol–water partition coefficient (Wildman–Crippen LogP) is 5.89. The maximum absolute atomic E-state index is 11.7. The lowest BCUT2D eigenvalue weighted by molar-refractivity contribution is 0.525. The van der Waals surface area contributed by atoms with Gasteiger partial charge in [0.1, 0.15) is 0 Å². The number of rotatable bonds is 0. The third kappa shape index (κ3) is 13.4. The van der Waals surface area contributed by atoms with Crippen LogP contribution in [0.15, 0.2) is 0 Å². The minimum Gasteiger partial charge on any atom is -0.258 e. The van der Waals surface area contributed by atoms with Crippen molar-refractivity contribution in [1.29, 1.82) is 5.26 Å². The van der Waals surface area contributed by atoms with Gasteiger partial charge in [-0.15, -0.1) is 0 Å². The third-order valence-electron chi connectivity index (χ3n) is 3.06. The summed E-state index contributed by atoms with van der Waals surface area (Å²) in [7, 11) is -3.77. The van der Waals surface area contributed by atoms with Crippen molar-refractivity contribution in [3.05, 3.63) is 0 Å². The van der Waals surface area contributed by atoms with Crippen LogP contribution >= 0.6 is 0 Å². The molecule has 0 bridgehead atoms. The Morgan fingerprint density at radius 3 is 0.815 bits per heavy atom. The van der Waals surface area contributed by atoms with Crippen LogP contribution in [-0.2, 0) is 20.6 Å². The van der Waals surface area contributed by atoms with E-state index in [1.807, 2.05) is 62.3 Å². The highest BCUT2D eigenvalue weighted by molar-refractivity contribution is 7.94. The Morgan fingerprint density at radius 2 is 0.815 bits per heavy atom. The summed E-state index contributed by atoms with van der Waals surface area (Å²) in [5.74, 6) is 0. The Balaban J connectivity index is -0.000000334. The Labute approximate surface area is 172 Å². The molecule has 0 aromatic heterocycles. The molecule has 0 fully saturated rings. The first-order valence-electron chi connectivity index (χ1n) is 9.29. The lowest BCUT2D eigenvalue weighted by Gasteiger charge is -2.29. The number of nitrogens with zero attached hydrogens (tertiary/aromatic N) is 1. The minimum absolute atomic E-state index is 0.0851. The van der Waals surface area contributed by atoms with Crippen molar-refractivity contribution in [2.45, 2.75) is 123 Å². The summed E-state index contributed by atoms with van der Waals surface area (Å²) in [6.07, 6.45) is 0. The molecule has 0 heterocycles. The van der Waals surface area contributed by atoms with Crippen LogP contribution in [0.4, 0.5) is 0 Å². The van der Waals surface area contributed by atoms with E-state index in [0.29, 0.717) is 0 Å². The molecular weight excluding hydrogens is 378 g/mol. The van der Waals surface area contributed by atoms with Crippen molar-refractivity contribution in [2.75, 3.05) is 0 Å². The highest BCUT2D eigenvalue weighted by Gasteiger charge is 2.39. The van der Waals surface area contributed by atoms with Crippen molar-refractivity contribution in [3.8, 4) is 6.07 Å². The fourth-order valence-corrected chi connectivity index (χ4v) is 5.51. The summed E-state index contributed by atoms with van der Waals surface area (Å²) < 4.78 is 33.5. The van der Waals surface area contributed by atoms with Gasteiger partial charge in [0.15, 0.2) is 9.84 Å². The largest absolute Gasteiger partial charge is 0.258 e. The van der Waals surface area contributed by atoms with Gasteiger partial charge in [0.05, 0.1) is 15.6 Å². The SMILES string of the molecule is CC(C)(C)C#N.CC(C)(C)S(=O)(=O)C(C)(C)C.CC(C)(C)S(=O)C(C)(C)C. The number of sulfone groups is 1. The zero-order valence-corrected chi connectivity index (χ0v) is 22.1. The Morgan fingerprint density at radius 1 is 0.630 bits per heavy atom. The zero-order valence-electron chi connectivity index (χ0n) is 20.5. The van der Waals surface area contributed by atoms with Gasteiger partial charge >= 0.3 is 0 Å². The maximum atomic E-state index is 11.7. The van der Waals surface area contributed by atoms with E-state index in [-0.39, 0.29) is 14.9 Å². The van der Waals surface area contributed by atoms with Crippen LogP contribution in [-0.4, -0.2) is 31.6 Å².